The van der Waals surface area contributed by atoms with Crippen LogP contribution in [0, 0.1) is 0 Å². The van der Waals surface area contributed by atoms with E-state index in [1.54, 1.807) is 18.7 Å². The molecule has 1 aliphatic heterocycles. The van der Waals surface area contributed by atoms with Gasteiger partial charge in [0.2, 0.25) is 5.12 Å². The summed E-state index contributed by atoms with van der Waals surface area (Å²) in [7, 11) is 0. The highest BCUT2D eigenvalue weighted by Gasteiger charge is 2.24. The minimum atomic E-state index is -0.404. The van der Waals surface area contributed by atoms with Gasteiger partial charge in [0.15, 0.2) is 0 Å². The molecule has 0 spiro atoms. The summed E-state index contributed by atoms with van der Waals surface area (Å²) in [6.45, 7) is 11.1. The smallest absolute Gasteiger partial charge is 0.316 e. The van der Waals surface area contributed by atoms with E-state index in [2.05, 4.69) is 6.58 Å². The average molecular weight is 395 g/mol. The molecule has 0 N–H and O–H groups in total. The number of hydrogen-bond donors (Lipinski definition) is 0. The molecule has 23 heavy (non-hydrogen) atoms. The Balaban J connectivity index is 2.13. The summed E-state index contributed by atoms with van der Waals surface area (Å²) in [5.41, 5.74) is 0.221. The molecule has 3 nitrogen and oxygen atoms in total. The van der Waals surface area contributed by atoms with Crippen molar-refractivity contribution in [3.05, 3.63) is 12.2 Å². The van der Waals surface area contributed by atoms with Gasteiger partial charge in [-0.3, -0.25) is 9.59 Å². The van der Waals surface area contributed by atoms with Gasteiger partial charge < -0.3 is 4.74 Å². The van der Waals surface area contributed by atoms with E-state index in [0.717, 1.165) is 23.0 Å². The van der Waals surface area contributed by atoms with Crippen molar-refractivity contribution < 1.29 is 14.3 Å². The first kappa shape index (κ1) is 21.3. The van der Waals surface area contributed by atoms with Crippen molar-refractivity contribution in [2.24, 2.45) is 0 Å². The Morgan fingerprint density at radius 2 is 1.74 bits per heavy atom. The maximum Gasteiger partial charge on any atom is 0.316 e. The molecule has 2 unspecified atom stereocenters. The van der Waals surface area contributed by atoms with E-state index in [-0.39, 0.29) is 11.1 Å². The highest BCUT2D eigenvalue weighted by Crippen LogP contribution is 2.33. The largest absolute Gasteiger partial charge is 0.459 e. The summed E-state index contributed by atoms with van der Waals surface area (Å²) in [6, 6.07) is 0. The van der Waals surface area contributed by atoms with Crippen LogP contribution in [-0.2, 0) is 14.3 Å². The Kier molecular flexibility index (Phi) is 9.56. The van der Waals surface area contributed by atoms with Crippen molar-refractivity contribution in [2.75, 3.05) is 28.8 Å². The van der Waals surface area contributed by atoms with Crippen LogP contribution in [0.1, 0.15) is 27.7 Å². The molecule has 2 atom stereocenters. The van der Waals surface area contributed by atoms with Gasteiger partial charge in [-0.1, -0.05) is 18.3 Å². The average Bonchev–Trinajstić information content (AvgIpc) is 2.44. The van der Waals surface area contributed by atoms with Crippen LogP contribution in [0.15, 0.2) is 12.2 Å². The lowest BCUT2D eigenvalue weighted by atomic mass is 10.2. The van der Waals surface area contributed by atoms with Crippen molar-refractivity contribution in [1.29, 1.82) is 0 Å². The van der Waals surface area contributed by atoms with E-state index in [0.29, 0.717) is 21.8 Å². The van der Waals surface area contributed by atoms with Gasteiger partial charge in [-0.25, -0.2) is 0 Å². The molecule has 0 aromatic rings. The van der Waals surface area contributed by atoms with Crippen LogP contribution in [0.4, 0.5) is 0 Å². The van der Waals surface area contributed by atoms with Crippen molar-refractivity contribution in [1.82, 2.24) is 0 Å². The molecular weight excluding hydrogens is 368 g/mol. The molecule has 0 aromatic carbocycles. The molecule has 1 aliphatic rings. The highest BCUT2D eigenvalue weighted by molar-refractivity contribution is 8.15. The zero-order chi connectivity index (χ0) is 17.5. The summed E-state index contributed by atoms with van der Waals surface area (Å²) in [4.78, 5) is 23.2. The first-order valence-electron chi connectivity index (χ1n) is 7.53. The van der Waals surface area contributed by atoms with Gasteiger partial charge >= 0.3 is 5.97 Å². The van der Waals surface area contributed by atoms with E-state index in [4.69, 9.17) is 4.74 Å². The van der Waals surface area contributed by atoms with Crippen LogP contribution in [0.5, 0.6) is 0 Å². The van der Waals surface area contributed by atoms with Gasteiger partial charge in [-0.15, -0.1) is 11.8 Å². The molecule has 7 heteroatoms. The summed E-state index contributed by atoms with van der Waals surface area (Å²) < 4.78 is 5.30. The second kappa shape index (κ2) is 10.3. The Morgan fingerprint density at radius 3 is 2.22 bits per heavy atom. The van der Waals surface area contributed by atoms with Gasteiger partial charge in [-0.2, -0.15) is 23.5 Å². The molecule has 0 amide bonds. The zero-order valence-corrected chi connectivity index (χ0v) is 17.5. The third-order valence-corrected chi connectivity index (χ3v) is 8.63. The van der Waals surface area contributed by atoms with Gasteiger partial charge in [0.1, 0.15) is 5.60 Å². The second-order valence-electron chi connectivity index (χ2n) is 6.39. The summed E-state index contributed by atoms with van der Waals surface area (Å²) >= 11 is 6.93. The predicted molar refractivity (Wildman–Crippen MR) is 108 cm³/mol. The molecule has 0 radical (unpaired) electrons. The van der Waals surface area contributed by atoms with Crippen molar-refractivity contribution >= 4 is 58.1 Å². The third kappa shape index (κ3) is 9.99. The zero-order valence-electron chi connectivity index (χ0n) is 14.3. The van der Waals surface area contributed by atoms with Crippen molar-refractivity contribution in [3.8, 4) is 0 Å². The summed E-state index contributed by atoms with van der Waals surface area (Å²) in [6.07, 6.45) is 0. The molecule has 1 heterocycles. The summed E-state index contributed by atoms with van der Waals surface area (Å²) in [5.74, 6) is 4.27. The molecule has 0 aromatic heterocycles. The SMILES string of the molecule is C=C(C)C(=O)SCC1CSC(CSCC(=O)OC(C)(C)C)CS1. The number of rotatable bonds is 7. The maximum absolute atomic E-state index is 11.7. The minimum Gasteiger partial charge on any atom is -0.459 e. The molecule has 1 fully saturated rings. The fraction of sp³-hybridized carbons (Fsp3) is 0.750. The number of ether oxygens (including phenoxy) is 1. The Morgan fingerprint density at radius 1 is 1.17 bits per heavy atom. The van der Waals surface area contributed by atoms with Crippen molar-refractivity contribution in [3.63, 3.8) is 0 Å². The normalized spacial score (nSPS) is 21.7. The Hall–Kier alpha value is 0.280. The van der Waals surface area contributed by atoms with E-state index in [9.17, 15) is 9.59 Å². The molecule has 132 valence electrons. The topological polar surface area (TPSA) is 43.4 Å². The number of hydrogen-bond acceptors (Lipinski definition) is 7. The van der Waals surface area contributed by atoms with Gasteiger partial charge in [0, 0.05) is 33.5 Å². The first-order valence-corrected chi connectivity index (χ1v) is 11.8. The second-order valence-corrected chi connectivity index (χ2v) is 11.1. The number of esters is 1. The number of carbonyl (C=O) groups excluding carboxylic acids is 2. The molecule has 1 rings (SSSR count). The lowest BCUT2D eigenvalue weighted by Gasteiger charge is -2.27. The van der Waals surface area contributed by atoms with Crippen LogP contribution >= 0.6 is 47.0 Å². The Bertz CT molecular complexity index is 424. The molecular formula is C16H26O3S4. The lowest BCUT2D eigenvalue weighted by molar-refractivity contribution is -0.151. The monoisotopic (exact) mass is 394 g/mol. The predicted octanol–water partition coefficient (Wildman–Crippen LogP) is 4.11. The fourth-order valence-corrected chi connectivity index (χ4v) is 7.15. The van der Waals surface area contributed by atoms with E-state index < -0.39 is 5.60 Å². The van der Waals surface area contributed by atoms with E-state index in [1.165, 1.54) is 11.8 Å². The van der Waals surface area contributed by atoms with E-state index in [1.807, 2.05) is 44.3 Å². The quantitative estimate of drug-likeness (QED) is 0.475. The minimum absolute atomic E-state index is 0.102. The van der Waals surface area contributed by atoms with Crippen LogP contribution < -0.4 is 0 Å². The van der Waals surface area contributed by atoms with Crippen molar-refractivity contribution in [2.45, 2.75) is 43.8 Å². The number of carbonyl (C=O) groups is 2. The molecule has 0 aliphatic carbocycles. The standard InChI is InChI=1S/C16H26O3S4/c1-11(2)15(18)23-9-13-8-21-12(7-22-13)6-20-10-14(17)19-16(3,4)5/h12-13H,1,6-10H2,2-5H3. The maximum atomic E-state index is 11.7. The molecule has 0 saturated carbocycles. The molecule has 0 bridgehead atoms. The highest BCUT2D eigenvalue weighted by atomic mass is 32.2. The summed E-state index contributed by atoms with van der Waals surface area (Å²) in [5, 5.41) is 1.21. The van der Waals surface area contributed by atoms with Crippen LogP contribution in [-0.4, -0.2) is 55.9 Å². The molecule has 1 saturated heterocycles. The van der Waals surface area contributed by atoms with E-state index >= 15 is 0 Å². The van der Waals surface area contributed by atoms with Crippen LogP contribution in [0.3, 0.4) is 0 Å². The van der Waals surface area contributed by atoms with Gasteiger partial charge in [-0.05, 0) is 33.3 Å². The van der Waals surface area contributed by atoms with Crippen LogP contribution in [0.25, 0.3) is 0 Å². The van der Waals surface area contributed by atoms with Crippen LogP contribution in [0.2, 0.25) is 0 Å². The Labute approximate surface area is 156 Å². The number of thioether (sulfide) groups is 4. The van der Waals surface area contributed by atoms with Gasteiger partial charge in [0.05, 0.1) is 5.75 Å². The first-order chi connectivity index (χ1) is 10.7. The van der Waals surface area contributed by atoms with Gasteiger partial charge in [0.25, 0.3) is 0 Å². The third-order valence-electron chi connectivity index (χ3n) is 2.73. The lowest BCUT2D eigenvalue weighted by Crippen LogP contribution is -2.27. The fourth-order valence-electron chi connectivity index (χ4n) is 1.71.